The van der Waals surface area contributed by atoms with E-state index in [2.05, 4.69) is 13.8 Å². The van der Waals surface area contributed by atoms with Crippen molar-refractivity contribution in [2.24, 2.45) is 5.92 Å². The molecule has 0 amide bonds. The van der Waals surface area contributed by atoms with E-state index in [0.29, 0.717) is 11.8 Å². The van der Waals surface area contributed by atoms with E-state index < -0.39 is 10.8 Å². The van der Waals surface area contributed by atoms with Crippen LogP contribution in [0.2, 0.25) is 0 Å². The first-order valence-corrected chi connectivity index (χ1v) is 6.10. The second-order valence-electron chi connectivity index (χ2n) is 3.07. The van der Waals surface area contributed by atoms with Gasteiger partial charge in [0, 0.05) is 28.2 Å². The monoisotopic (exact) mass is 196 g/mol. The minimum atomic E-state index is -0.625. The molecule has 0 aliphatic rings. The molecular weight excluding hydrogens is 180 g/mol. The summed E-state index contributed by atoms with van der Waals surface area (Å²) in [6.45, 7) is 4.30. The van der Waals surface area contributed by atoms with E-state index in [1.54, 1.807) is 0 Å². The summed E-state index contributed by atoms with van der Waals surface area (Å²) in [5.74, 6) is 2.91. The highest BCUT2D eigenvalue weighted by atomic mass is 35.5. The Morgan fingerprint density at radius 1 is 1.36 bits per heavy atom. The number of alkyl halides is 1. The SMILES string of the molecule is CC(C)CCS(=O)CCCCl. The minimum absolute atomic E-state index is 0.625. The molecule has 0 spiro atoms. The maximum atomic E-state index is 11.2. The van der Waals surface area contributed by atoms with Crippen molar-refractivity contribution in [3.8, 4) is 0 Å². The molecule has 0 aromatic carbocycles. The number of hydrogen-bond acceptors (Lipinski definition) is 1. The van der Waals surface area contributed by atoms with E-state index in [4.69, 9.17) is 11.6 Å². The van der Waals surface area contributed by atoms with Gasteiger partial charge in [0.1, 0.15) is 0 Å². The van der Waals surface area contributed by atoms with Crippen LogP contribution >= 0.6 is 11.6 Å². The molecule has 0 N–H and O–H groups in total. The Balaban J connectivity index is 3.23. The zero-order valence-corrected chi connectivity index (χ0v) is 8.88. The number of hydrogen-bond donors (Lipinski definition) is 0. The van der Waals surface area contributed by atoms with E-state index in [-0.39, 0.29) is 0 Å². The van der Waals surface area contributed by atoms with Crippen LogP contribution in [0.1, 0.15) is 26.7 Å². The molecule has 0 saturated carbocycles. The third kappa shape index (κ3) is 8.35. The second-order valence-corrected chi connectivity index (χ2v) is 5.15. The maximum Gasteiger partial charge on any atom is 0.0246 e. The summed E-state index contributed by atoms with van der Waals surface area (Å²) < 4.78 is 11.2. The zero-order chi connectivity index (χ0) is 8.69. The number of rotatable bonds is 6. The molecule has 0 saturated heterocycles. The molecule has 0 aliphatic carbocycles. The normalized spacial score (nSPS) is 13.8. The smallest absolute Gasteiger partial charge is 0.0246 e. The van der Waals surface area contributed by atoms with Crippen LogP contribution in [0.5, 0.6) is 0 Å². The van der Waals surface area contributed by atoms with Gasteiger partial charge in [0.25, 0.3) is 0 Å². The summed E-state index contributed by atoms with van der Waals surface area (Å²) in [5, 5.41) is 0. The third-order valence-electron chi connectivity index (χ3n) is 1.43. The molecule has 1 unspecified atom stereocenters. The average Bonchev–Trinajstić information content (AvgIpc) is 1.97. The minimum Gasteiger partial charge on any atom is -0.260 e. The molecule has 0 bridgehead atoms. The number of halogens is 1. The molecule has 1 nitrogen and oxygen atoms in total. The molecule has 1 atom stereocenters. The van der Waals surface area contributed by atoms with Crippen LogP contribution in [-0.4, -0.2) is 21.6 Å². The summed E-state index contributed by atoms with van der Waals surface area (Å²) in [7, 11) is -0.625. The molecule has 0 rings (SSSR count). The van der Waals surface area contributed by atoms with Gasteiger partial charge in [0.2, 0.25) is 0 Å². The fourth-order valence-electron chi connectivity index (χ4n) is 0.685. The van der Waals surface area contributed by atoms with Crippen LogP contribution in [-0.2, 0) is 10.8 Å². The molecular formula is C8H17ClOS. The molecule has 3 heteroatoms. The maximum absolute atomic E-state index is 11.2. The Bertz CT molecular complexity index is 115. The first-order chi connectivity index (χ1) is 5.16. The van der Waals surface area contributed by atoms with Crippen molar-refractivity contribution in [3.63, 3.8) is 0 Å². The first-order valence-electron chi connectivity index (χ1n) is 4.07. The molecule has 0 aromatic heterocycles. The van der Waals surface area contributed by atoms with Crippen molar-refractivity contribution in [2.45, 2.75) is 26.7 Å². The van der Waals surface area contributed by atoms with E-state index in [9.17, 15) is 4.21 Å². The standard InChI is InChI=1S/C8H17ClOS/c1-8(2)4-7-11(10)6-3-5-9/h8H,3-7H2,1-2H3. The van der Waals surface area contributed by atoms with Gasteiger partial charge in [-0.15, -0.1) is 11.6 Å². The van der Waals surface area contributed by atoms with E-state index in [1.807, 2.05) is 0 Å². The largest absolute Gasteiger partial charge is 0.260 e. The van der Waals surface area contributed by atoms with Gasteiger partial charge in [-0.05, 0) is 18.8 Å². The molecule has 0 aromatic rings. The van der Waals surface area contributed by atoms with Crippen molar-refractivity contribution >= 4 is 22.4 Å². The van der Waals surface area contributed by atoms with Gasteiger partial charge in [0.15, 0.2) is 0 Å². The van der Waals surface area contributed by atoms with E-state index >= 15 is 0 Å². The van der Waals surface area contributed by atoms with Crippen molar-refractivity contribution in [3.05, 3.63) is 0 Å². The lowest BCUT2D eigenvalue weighted by Gasteiger charge is -2.03. The van der Waals surface area contributed by atoms with Gasteiger partial charge in [-0.25, -0.2) is 0 Å². The summed E-state index contributed by atoms with van der Waals surface area (Å²) in [5.41, 5.74) is 0. The summed E-state index contributed by atoms with van der Waals surface area (Å²) in [4.78, 5) is 0. The van der Waals surface area contributed by atoms with E-state index in [1.165, 1.54) is 0 Å². The zero-order valence-electron chi connectivity index (χ0n) is 7.31. The Hall–Kier alpha value is 0.440. The lowest BCUT2D eigenvalue weighted by atomic mass is 10.2. The first kappa shape index (κ1) is 11.4. The fourth-order valence-corrected chi connectivity index (χ4v) is 2.38. The molecule has 0 heterocycles. The fraction of sp³-hybridized carbons (Fsp3) is 1.00. The van der Waals surface area contributed by atoms with Crippen LogP contribution in [0.15, 0.2) is 0 Å². The molecule has 0 fully saturated rings. The molecule has 0 radical (unpaired) electrons. The Morgan fingerprint density at radius 2 is 2.00 bits per heavy atom. The van der Waals surface area contributed by atoms with E-state index in [0.717, 1.165) is 24.3 Å². The lowest BCUT2D eigenvalue weighted by Crippen LogP contribution is -2.05. The highest BCUT2D eigenvalue weighted by molar-refractivity contribution is 7.84. The molecule has 0 aliphatic heterocycles. The van der Waals surface area contributed by atoms with Gasteiger partial charge in [-0.3, -0.25) is 4.21 Å². The third-order valence-corrected chi connectivity index (χ3v) is 3.13. The highest BCUT2D eigenvalue weighted by Gasteiger charge is 2.00. The predicted molar refractivity (Wildman–Crippen MR) is 52.7 cm³/mol. The second kappa shape index (κ2) is 7.11. The summed E-state index contributed by atoms with van der Waals surface area (Å²) >= 11 is 5.47. The quantitative estimate of drug-likeness (QED) is 0.597. The Morgan fingerprint density at radius 3 is 2.45 bits per heavy atom. The van der Waals surface area contributed by atoms with Crippen LogP contribution in [0.25, 0.3) is 0 Å². The van der Waals surface area contributed by atoms with Gasteiger partial charge < -0.3 is 0 Å². The topological polar surface area (TPSA) is 17.1 Å². The lowest BCUT2D eigenvalue weighted by molar-refractivity contribution is 0.619. The van der Waals surface area contributed by atoms with Gasteiger partial charge >= 0.3 is 0 Å². The van der Waals surface area contributed by atoms with Crippen LogP contribution in [0, 0.1) is 5.92 Å². The predicted octanol–water partition coefficient (Wildman–Crippen LogP) is 2.41. The van der Waals surface area contributed by atoms with Crippen molar-refractivity contribution in [1.29, 1.82) is 0 Å². The van der Waals surface area contributed by atoms with Crippen molar-refractivity contribution < 1.29 is 4.21 Å². The highest BCUT2D eigenvalue weighted by Crippen LogP contribution is 2.01. The molecule has 68 valence electrons. The van der Waals surface area contributed by atoms with Crippen molar-refractivity contribution in [1.82, 2.24) is 0 Å². The van der Waals surface area contributed by atoms with Crippen LogP contribution in [0.4, 0.5) is 0 Å². The average molecular weight is 197 g/mol. The van der Waals surface area contributed by atoms with Crippen LogP contribution < -0.4 is 0 Å². The van der Waals surface area contributed by atoms with Crippen molar-refractivity contribution in [2.75, 3.05) is 17.4 Å². The van der Waals surface area contributed by atoms with Crippen LogP contribution in [0.3, 0.4) is 0 Å². The Labute approximate surface area is 77.0 Å². The summed E-state index contributed by atoms with van der Waals surface area (Å²) in [6, 6.07) is 0. The summed E-state index contributed by atoms with van der Waals surface area (Å²) in [6.07, 6.45) is 1.95. The molecule has 11 heavy (non-hydrogen) atoms. The van der Waals surface area contributed by atoms with Gasteiger partial charge in [-0.2, -0.15) is 0 Å². The van der Waals surface area contributed by atoms with Gasteiger partial charge in [0.05, 0.1) is 0 Å². The van der Waals surface area contributed by atoms with Gasteiger partial charge in [-0.1, -0.05) is 13.8 Å². The Kier molecular flexibility index (Phi) is 7.39.